The third-order valence-corrected chi connectivity index (χ3v) is 4.07. The Bertz CT molecular complexity index is 1720. The topological polar surface area (TPSA) is 786 Å². The van der Waals surface area contributed by atoms with Crippen LogP contribution in [-0.4, -0.2) is 279 Å². The van der Waals surface area contributed by atoms with Crippen LogP contribution in [0.4, 0.5) is 0 Å². The molecule has 2 rings (SSSR count). The van der Waals surface area contributed by atoms with E-state index >= 15 is 0 Å². The van der Waals surface area contributed by atoms with Crippen molar-refractivity contribution in [3.63, 3.8) is 0 Å². The van der Waals surface area contributed by atoms with Gasteiger partial charge in [0.05, 0.1) is 13.2 Å². The Kier molecular flexibility index (Phi) is 42.3. The molecule has 0 saturated carbocycles. The van der Waals surface area contributed by atoms with Gasteiger partial charge in [-0.3, -0.25) is 72.8 Å². The van der Waals surface area contributed by atoms with Gasteiger partial charge in [0.25, 0.3) is 0 Å². The molecule has 64 heavy (non-hydrogen) atoms. The predicted octanol–water partition coefficient (Wildman–Crippen LogP) is -11.5. The Morgan fingerprint density at radius 1 is 0.375 bits per heavy atom. The van der Waals surface area contributed by atoms with Gasteiger partial charge in [-0.05, 0) is 0 Å². The summed E-state index contributed by atoms with van der Waals surface area (Å²) in [6, 6.07) is 0. The second-order valence-electron chi connectivity index (χ2n) is 9.14. The van der Waals surface area contributed by atoms with Gasteiger partial charge in [-0.15, -0.1) is 0 Å². The molecule has 0 aromatic rings. The molecule has 0 aromatic carbocycles. The second-order valence-corrected chi connectivity index (χ2v) is 16.3. The monoisotopic (exact) mass is 1150 g/mol. The first-order chi connectivity index (χ1) is 26.8. The van der Waals surface area contributed by atoms with Gasteiger partial charge < -0.3 is 55.1 Å². The largest absolute Gasteiger partial charge is 0.394 e. The lowest BCUT2D eigenvalue weighted by Gasteiger charge is -2.43. The Morgan fingerprint density at radius 2 is 0.594 bits per heavy atom. The lowest BCUT2D eigenvalue weighted by molar-refractivity contribution is -0.383. The van der Waals surface area contributed by atoms with E-state index < -0.39 is 158 Å². The number of hydrogen-bond acceptors (Lipinski definition) is 27. The standard InChI is InChI=1S/C12H22O11.Mg.8H2O4S.2H/c13-1-4-6(16)8(18)9(19)11(21-4)23-12(3-15)10(20)7(17)5(2-14)22-12;;8*1-5(2,3)4;;/h4-11,13-20H,1-3H2;;8*(H2,1,2,3,4);;/t4-,5-,6-,7-,8+,9-,10+,11-,12+;;;;;;;;;;;/m1.........../s1. The van der Waals surface area contributed by atoms with Gasteiger partial charge in [0.2, 0.25) is 5.79 Å². The number of aliphatic hydroxyl groups excluding tert-OH is 8. The van der Waals surface area contributed by atoms with Crippen LogP contribution in [0.15, 0.2) is 0 Å². The van der Waals surface area contributed by atoms with Crippen molar-refractivity contribution in [3.8, 4) is 0 Å². The zero-order valence-corrected chi connectivity index (χ0v) is 35.5. The molecular weight excluding hydrogens is 1110 g/mol. The molecule has 0 amide bonds. The van der Waals surface area contributed by atoms with Crippen LogP contribution in [0.25, 0.3) is 0 Å². The molecule has 2 heterocycles. The van der Waals surface area contributed by atoms with E-state index in [4.69, 9.17) is 165 Å². The minimum absolute atomic E-state index is 0. The van der Waals surface area contributed by atoms with Crippen molar-refractivity contribution < 1.29 is 195 Å². The molecule has 0 spiro atoms. The number of ether oxygens (including phenoxy) is 3. The molecule has 0 aliphatic carbocycles. The van der Waals surface area contributed by atoms with E-state index in [-0.39, 0.29) is 23.1 Å². The molecule has 0 bridgehead atoms. The summed E-state index contributed by atoms with van der Waals surface area (Å²) in [7, 11) is -37.3. The van der Waals surface area contributed by atoms with E-state index in [0.29, 0.717) is 0 Å². The van der Waals surface area contributed by atoms with Gasteiger partial charge in [-0.2, -0.15) is 67.3 Å². The van der Waals surface area contributed by atoms with Crippen molar-refractivity contribution in [1.29, 1.82) is 0 Å². The van der Waals surface area contributed by atoms with Crippen LogP contribution in [0.5, 0.6) is 0 Å². The summed E-state index contributed by atoms with van der Waals surface area (Å²) >= 11 is 0. The average molecular weight is 1150 g/mol. The molecular formula is C12H40MgO43S8. The van der Waals surface area contributed by atoms with E-state index in [1.807, 2.05) is 0 Å². The van der Waals surface area contributed by atoms with Gasteiger partial charge in [0.15, 0.2) is 6.29 Å². The van der Waals surface area contributed by atoms with Crippen molar-refractivity contribution >= 4 is 106 Å². The normalized spacial score (nSPS) is 25.6. The Balaban J connectivity index is -0.000000105. The molecule has 396 valence electrons. The SMILES string of the molecule is O=S(=O)(O)O.O=S(=O)(O)O.O=S(=O)(O)O.O=S(=O)(O)O.O=S(=O)(O)O.O=S(=O)(O)O.O=S(=O)(O)O.O=S(=O)(O)O.OC[C@H]1O[C@@](CO)(O[C@H]2O[C@H](CO)[C@@H](O)[C@H](O)[C@H]2O)[C@@H](O)[C@@H]1O.[MgH2]. The van der Waals surface area contributed by atoms with Gasteiger partial charge in [0, 0.05) is 0 Å². The van der Waals surface area contributed by atoms with Crippen LogP contribution in [-0.2, 0) is 97.4 Å². The van der Waals surface area contributed by atoms with Gasteiger partial charge in [-0.1, -0.05) is 0 Å². The van der Waals surface area contributed by atoms with Crippen LogP contribution in [0, 0.1) is 0 Å². The lowest BCUT2D eigenvalue weighted by atomic mass is 9.99. The summed E-state index contributed by atoms with van der Waals surface area (Å²) < 4.78 is 268. The summed E-state index contributed by atoms with van der Waals surface area (Å²) in [6.45, 7) is -2.32. The van der Waals surface area contributed by atoms with E-state index in [2.05, 4.69) is 0 Å². The summed E-state index contributed by atoms with van der Waals surface area (Å²) in [5.74, 6) is -2.22. The molecule has 2 fully saturated rings. The highest BCUT2D eigenvalue weighted by Crippen LogP contribution is 2.35. The zero-order valence-electron chi connectivity index (χ0n) is 29.0. The van der Waals surface area contributed by atoms with Crippen molar-refractivity contribution in [2.45, 2.75) is 54.8 Å². The van der Waals surface area contributed by atoms with Crippen LogP contribution in [0.2, 0.25) is 0 Å². The average Bonchev–Trinajstić information content (AvgIpc) is 3.15. The smallest absolute Gasteiger partial charge is 0.394 e. The number of hydrogen-bond donors (Lipinski definition) is 24. The number of rotatable bonds is 5. The first-order valence-electron chi connectivity index (χ1n) is 12.6. The van der Waals surface area contributed by atoms with Crippen LogP contribution >= 0.6 is 0 Å². The van der Waals surface area contributed by atoms with Crippen molar-refractivity contribution in [2.24, 2.45) is 0 Å². The fourth-order valence-corrected chi connectivity index (χ4v) is 2.63. The van der Waals surface area contributed by atoms with E-state index in [0.717, 1.165) is 0 Å². The van der Waals surface area contributed by atoms with Crippen LogP contribution in [0.3, 0.4) is 0 Å². The van der Waals surface area contributed by atoms with E-state index in [1.165, 1.54) is 0 Å². The van der Waals surface area contributed by atoms with Crippen molar-refractivity contribution in [3.05, 3.63) is 0 Å². The zero-order chi connectivity index (χ0) is 53.4. The number of aliphatic hydroxyl groups is 8. The Labute approximate surface area is 374 Å². The molecule has 0 radical (unpaired) electrons. The van der Waals surface area contributed by atoms with Crippen molar-refractivity contribution in [2.75, 3.05) is 19.8 Å². The Morgan fingerprint density at radius 3 is 0.766 bits per heavy atom. The van der Waals surface area contributed by atoms with Crippen molar-refractivity contribution in [1.82, 2.24) is 0 Å². The second kappa shape index (κ2) is 33.7. The summed E-state index contributed by atoms with van der Waals surface area (Å²) in [4.78, 5) is 0. The molecule has 2 aliphatic rings. The molecule has 2 aliphatic heterocycles. The molecule has 2 saturated heterocycles. The quantitative estimate of drug-likeness (QED) is 0.0898. The van der Waals surface area contributed by atoms with Gasteiger partial charge in [-0.25, -0.2) is 0 Å². The van der Waals surface area contributed by atoms with E-state index in [9.17, 15) is 30.6 Å². The third-order valence-electron chi connectivity index (χ3n) is 4.07. The van der Waals surface area contributed by atoms with Gasteiger partial charge >= 0.3 is 106 Å². The summed E-state index contributed by atoms with van der Waals surface area (Å²) in [6.07, 6.45) is -12.7. The predicted molar refractivity (Wildman–Crippen MR) is 191 cm³/mol. The molecule has 43 nitrogen and oxygen atoms in total. The minimum Gasteiger partial charge on any atom is -0.394 e. The van der Waals surface area contributed by atoms with Crippen LogP contribution in [0.1, 0.15) is 0 Å². The first-order valence-corrected chi connectivity index (χ1v) is 23.8. The first kappa shape index (κ1) is 80.3. The highest BCUT2D eigenvalue weighted by Gasteiger charge is 2.58. The summed E-state index contributed by atoms with van der Waals surface area (Å²) in [5.41, 5.74) is 0. The maximum Gasteiger partial charge on any atom is 0.394 e. The molecule has 52 heteroatoms. The van der Waals surface area contributed by atoms with Crippen LogP contribution < -0.4 is 0 Å². The molecule has 24 N–H and O–H groups in total. The Hall–Kier alpha value is -0.714. The molecule has 0 unspecified atom stereocenters. The maximum atomic E-state index is 10.00. The third kappa shape index (κ3) is 88.1. The molecule has 0 aromatic heterocycles. The summed E-state index contributed by atoms with van der Waals surface area (Å²) in [5, 5.41) is 76.7. The van der Waals surface area contributed by atoms with E-state index in [1.54, 1.807) is 0 Å². The maximum absolute atomic E-state index is 10.00. The fourth-order valence-electron chi connectivity index (χ4n) is 2.63. The minimum atomic E-state index is -4.67. The highest BCUT2D eigenvalue weighted by atomic mass is 32.3. The fraction of sp³-hybridized carbons (Fsp3) is 1.00. The highest BCUT2D eigenvalue weighted by molar-refractivity contribution is 7.81. The van der Waals surface area contributed by atoms with Gasteiger partial charge in [0.1, 0.15) is 49.3 Å². The molecule has 9 atom stereocenters. The lowest BCUT2D eigenvalue weighted by Crippen LogP contribution is -2.62.